The number of hydrogen-bond donors (Lipinski definition) is 2. The number of nitrogens with one attached hydrogen (secondary N) is 2. The van der Waals surface area contributed by atoms with E-state index in [1.165, 1.54) is 11.8 Å². The summed E-state index contributed by atoms with van der Waals surface area (Å²) in [5.41, 5.74) is 3.41. The third-order valence-electron chi connectivity index (χ3n) is 4.54. The van der Waals surface area contributed by atoms with Crippen molar-refractivity contribution >= 4 is 29.3 Å². The Morgan fingerprint density at radius 3 is 2.68 bits per heavy atom. The highest BCUT2D eigenvalue weighted by Crippen LogP contribution is 2.19. The summed E-state index contributed by atoms with van der Waals surface area (Å²) in [5.74, 6) is 0.493. The van der Waals surface area contributed by atoms with Gasteiger partial charge in [0.05, 0.1) is 12.3 Å². The Morgan fingerprint density at radius 2 is 1.94 bits per heavy atom. The molecule has 0 atom stereocenters. The summed E-state index contributed by atoms with van der Waals surface area (Å²) in [6.07, 6.45) is 1.73. The normalized spacial score (nSPS) is 10.5. The maximum absolute atomic E-state index is 12.4. The Balaban J connectivity index is 1.61. The predicted molar refractivity (Wildman–Crippen MR) is 123 cm³/mol. The number of carbonyl (C=O) groups excluding carboxylic acids is 2. The number of aryl methyl sites for hydroxylation is 2. The first-order valence-corrected chi connectivity index (χ1v) is 10.8. The number of rotatable bonds is 9. The molecule has 7 nitrogen and oxygen atoms in total. The van der Waals surface area contributed by atoms with Gasteiger partial charge < -0.3 is 15.2 Å². The number of aromatic nitrogens is 3. The second-order valence-corrected chi connectivity index (χ2v) is 7.94. The van der Waals surface area contributed by atoms with Gasteiger partial charge in [-0.2, -0.15) is 0 Å². The van der Waals surface area contributed by atoms with Crippen LogP contribution >= 0.6 is 11.8 Å². The molecule has 8 heteroatoms. The van der Waals surface area contributed by atoms with E-state index in [0.717, 1.165) is 16.8 Å². The molecule has 0 aliphatic carbocycles. The smallest absolute Gasteiger partial charge is 0.251 e. The van der Waals surface area contributed by atoms with E-state index in [1.807, 2.05) is 60.9 Å². The molecule has 0 spiro atoms. The zero-order chi connectivity index (χ0) is 22.2. The molecular formula is C23H25N5O2S. The van der Waals surface area contributed by atoms with Gasteiger partial charge in [0.15, 0.2) is 11.0 Å². The highest BCUT2D eigenvalue weighted by atomic mass is 32.2. The maximum Gasteiger partial charge on any atom is 0.251 e. The van der Waals surface area contributed by atoms with Gasteiger partial charge in [0.1, 0.15) is 0 Å². The summed E-state index contributed by atoms with van der Waals surface area (Å²) >= 11 is 1.29. The molecule has 0 aliphatic rings. The quantitative estimate of drug-likeness (QED) is 0.395. The first kappa shape index (κ1) is 22.3. The highest BCUT2D eigenvalue weighted by Gasteiger charge is 2.15. The van der Waals surface area contributed by atoms with Crippen molar-refractivity contribution in [2.75, 3.05) is 11.1 Å². The molecule has 31 heavy (non-hydrogen) atoms. The standard InChI is InChI=1S/C23H25N5O2S/c1-4-12-28-20(14-24-22(30)18-10-7-8-16(2)13-18)26-27-23(28)31-15-21(29)25-19-11-6-5-9-17(19)3/h4-11,13H,1,12,14-15H2,2-3H3,(H,24,30)(H,25,29). The molecule has 2 amide bonds. The minimum atomic E-state index is -0.177. The van der Waals surface area contributed by atoms with Crippen LogP contribution in [0.1, 0.15) is 27.3 Å². The highest BCUT2D eigenvalue weighted by molar-refractivity contribution is 7.99. The molecule has 3 aromatic rings. The molecule has 1 heterocycles. The summed E-state index contributed by atoms with van der Waals surface area (Å²) in [4.78, 5) is 24.8. The van der Waals surface area contributed by atoms with E-state index in [-0.39, 0.29) is 24.1 Å². The van der Waals surface area contributed by atoms with Crippen LogP contribution in [0.4, 0.5) is 5.69 Å². The average molecular weight is 436 g/mol. The minimum Gasteiger partial charge on any atom is -0.345 e. The van der Waals surface area contributed by atoms with Crippen LogP contribution in [0.2, 0.25) is 0 Å². The van der Waals surface area contributed by atoms with Gasteiger partial charge in [-0.3, -0.25) is 9.59 Å². The van der Waals surface area contributed by atoms with Crippen molar-refractivity contribution in [3.63, 3.8) is 0 Å². The second-order valence-electron chi connectivity index (χ2n) is 7.00. The number of allylic oxidation sites excluding steroid dienone is 1. The molecule has 3 rings (SSSR count). The maximum atomic E-state index is 12.4. The Bertz CT molecular complexity index is 1090. The van der Waals surface area contributed by atoms with Crippen LogP contribution in [0, 0.1) is 13.8 Å². The van der Waals surface area contributed by atoms with Gasteiger partial charge in [-0.25, -0.2) is 0 Å². The van der Waals surface area contributed by atoms with Crippen LogP contribution in [0.3, 0.4) is 0 Å². The van der Waals surface area contributed by atoms with Crippen molar-refractivity contribution < 1.29 is 9.59 Å². The van der Waals surface area contributed by atoms with Crippen molar-refractivity contribution in [2.24, 2.45) is 0 Å². The van der Waals surface area contributed by atoms with Crippen LogP contribution < -0.4 is 10.6 Å². The molecule has 0 bridgehead atoms. The average Bonchev–Trinajstić information content (AvgIpc) is 3.14. The van der Waals surface area contributed by atoms with Crippen LogP contribution in [0.15, 0.2) is 66.3 Å². The zero-order valence-corrected chi connectivity index (χ0v) is 18.4. The van der Waals surface area contributed by atoms with Crippen molar-refractivity contribution in [1.29, 1.82) is 0 Å². The molecule has 2 N–H and O–H groups in total. The molecule has 2 aromatic carbocycles. The van der Waals surface area contributed by atoms with E-state index in [4.69, 9.17) is 0 Å². The van der Waals surface area contributed by atoms with Crippen molar-refractivity contribution in [3.05, 3.63) is 83.7 Å². The van der Waals surface area contributed by atoms with Gasteiger partial charge in [-0.05, 0) is 37.6 Å². The number of nitrogens with zero attached hydrogens (tertiary/aromatic N) is 3. The van der Waals surface area contributed by atoms with Gasteiger partial charge in [-0.1, -0.05) is 53.7 Å². The van der Waals surface area contributed by atoms with E-state index >= 15 is 0 Å². The lowest BCUT2D eigenvalue weighted by molar-refractivity contribution is -0.113. The molecule has 0 fully saturated rings. The number of benzene rings is 2. The van der Waals surface area contributed by atoms with Gasteiger partial charge in [0.2, 0.25) is 5.91 Å². The van der Waals surface area contributed by atoms with Crippen LogP contribution in [-0.4, -0.2) is 32.3 Å². The predicted octanol–water partition coefficient (Wildman–Crippen LogP) is 3.74. The van der Waals surface area contributed by atoms with E-state index in [1.54, 1.807) is 12.1 Å². The van der Waals surface area contributed by atoms with E-state index < -0.39 is 0 Å². The first-order chi connectivity index (χ1) is 15.0. The second kappa shape index (κ2) is 10.6. The number of anilines is 1. The largest absolute Gasteiger partial charge is 0.345 e. The monoisotopic (exact) mass is 435 g/mol. The number of hydrogen-bond acceptors (Lipinski definition) is 5. The number of thioether (sulfide) groups is 1. The SMILES string of the molecule is C=CCn1c(CNC(=O)c2cccc(C)c2)nnc1SCC(=O)Nc1ccccc1C. The van der Waals surface area contributed by atoms with Crippen LogP contribution in [0.5, 0.6) is 0 Å². The first-order valence-electron chi connectivity index (χ1n) is 9.84. The van der Waals surface area contributed by atoms with Crippen molar-refractivity contribution in [2.45, 2.75) is 32.1 Å². The summed E-state index contributed by atoms with van der Waals surface area (Å²) < 4.78 is 1.84. The lowest BCUT2D eigenvalue weighted by Gasteiger charge is -2.10. The van der Waals surface area contributed by atoms with Gasteiger partial charge in [0, 0.05) is 17.8 Å². The van der Waals surface area contributed by atoms with Crippen LogP contribution in [-0.2, 0) is 17.9 Å². The molecule has 0 saturated heterocycles. The summed E-state index contributed by atoms with van der Waals surface area (Å²) in [6.45, 7) is 8.37. The summed E-state index contributed by atoms with van der Waals surface area (Å²) in [5, 5.41) is 14.8. The van der Waals surface area contributed by atoms with E-state index in [9.17, 15) is 9.59 Å². The fraction of sp³-hybridized carbons (Fsp3) is 0.217. The topological polar surface area (TPSA) is 88.9 Å². The molecule has 0 aliphatic heterocycles. The van der Waals surface area contributed by atoms with E-state index in [0.29, 0.717) is 23.1 Å². The van der Waals surface area contributed by atoms with Crippen LogP contribution in [0.25, 0.3) is 0 Å². The van der Waals surface area contributed by atoms with Gasteiger partial charge in [-0.15, -0.1) is 16.8 Å². The van der Waals surface area contributed by atoms with Gasteiger partial charge >= 0.3 is 0 Å². The Labute approximate surface area is 186 Å². The lowest BCUT2D eigenvalue weighted by Crippen LogP contribution is -2.25. The van der Waals surface area contributed by atoms with E-state index in [2.05, 4.69) is 27.4 Å². The molecule has 0 unspecified atom stereocenters. The molecular weight excluding hydrogens is 410 g/mol. The van der Waals surface area contributed by atoms with Crippen molar-refractivity contribution in [3.8, 4) is 0 Å². The number of carbonyl (C=O) groups is 2. The molecule has 0 saturated carbocycles. The third-order valence-corrected chi connectivity index (χ3v) is 5.51. The summed E-state index contributed by atoms with van der Waals surface area (Å²) in [6, 6.07) is 15.0. The number of para-hydroxylation sites is 1. The van der Waals surface area contributed by atoms with Gasteiger partial charge in [0.25, 0.3) is 5.91 Å². The number of amides is 2. The third kappa shape index (κ3) is 6.05. The van der Waals surface area contributed by atoms with Crippen molar-refractivity contribution in [1.82, 2.24) is 20.1 Å². The zero-order valence-electron chi connectivity index (χ0n) is 17.6. The summed E-state index contributed by atoms with van der Waals surface area (Å²) in [7, 11) is 0. The fourth-order valence-corrected chi connectivity index (χ4v) is 3.71. The Morgan fingerprint density at radius 1 is 1.13 bits per heavy atom. The molecule has 1 aromatic heterocycles. The molecule has 0 radical (unpaired) electrons. The fourth-order valence-electron chi connectivity index (χ4n) is 2.95. The Kier molecular flexibility index (Phi) is 7.61. The lowest BCUT2D eigenvalue weighted by atomic mass is 10.1. The Hall–Kier alpha value is -3.39. The molecule has 160 valence electrons. The minimum absolute atomic E-state index is 0.123.